The number of hydrogen-bond acceptors (Lipinski definition) is 6. The number of carbonyl (C=O) groups excluding carboxylic acids is 1. The Labute approximate surface area is 219 Å². The summed E-state index contributed by atoms with van der Waals surface area (Å²) >= 11 is 11.4. The summed E-state index contributed by atoms with van der Waals surface area (Å²) in [6.07, 6.45) is -4.73. The van der Waals surface area contributed by atoms with Crippen LogP contribution in [-0.2, 0) is 25.3 Å². The zero-order chi connectivity index (χ0) is 27.3. The zero-order valence-electron chi connectivity index (χ0n) is 19.2. The summed E-state index contributed by atoms with van der Waals surface area (Å²) in [5.41, 5.74) is -2.59. The average molecular weight is 584 g/mol. The second-order valence-electron chi connectivity index (χ2n) is 8.63. The maximum atomic E-state index is 14.2. The molecule has 1 N–H and O–H groups in total. The van der Waals surface area contributed by atoms with Crippen molar-refractivity contribution in [2.24, 2.45) is 5.16 Å². The Kier molecular flexibility index (Phi) is 7.23. The summed E-state index contributed by atoms with van der Waals surface area (Å²) in [5, 5.41) is 5.13. The molecule has 0 aromatic heterocycles. The Hall–Kier alpha value is -2.45. The van der Waals surface area contributed by atoms with E-state index in [1.807, 2.05) is 0 Å². The molecule has 2 aliphatic heterocycles. The molecule has 0 saturated carbocycles. The maximum absolute atomic E-state index is 14.2. The van der Waals surface area contributed by atoms with E-state index < -0.39 is 61.6 Å². The van der Waals surface area contributed by atoms with Gasteiger partial charge in [0.25, 0.3) is 11.5 Å². The number of oxime groups is 1. The molecule has 4 rings (SSSR count). The van der Waals surface area contributed by atoms with E-state index in [1.54, 1.807) is 6.92 Å². The largest absolute Gasteiger partial charge is 0.435 e. The van der Waals surface area contributed by atoms with E-state index in [-0.39, 0.29) is 30.0 Å². The van der Waals surface area contributed by atoms with Crippen LogP contribution in [0, 0.1) is 12.7 Å². The number of amides is 1. The molecule has 1 saturated heterocycles. The van der Waals surface area contributed by atoms with E-state index >= 15 is 0 Å². The van der Waals surface area contributed by atoms with Crippen molar-refractivity contribution in [3.8, 4) is 0 Å². The fraction of sp³-hybridized carbons (Fsp3) is 0.364. The molecular formula is C22H19Cl2F4N3O5S. The van der Waals surface area contributed by atoms with Crippen LogP contribution < -0.4 is 5.32 Å². The van der Waals surface area contributed by atoms with Gasteiger partial charge in [0.15, 0.2) is 5.82 Å². The minimum Gasteiger partial charge on any atom is -0.374 e. The molecule has 8 nitrogen and oxygen atoms in total. The highest BCUT2D eigenvalue weighted by Gasteiger charge is 2.62. The fourth-order valence-corrected chi connectivity index (χ4v) is 5.18. The molecule has 0 bridgehead atoms. The summed E-state index contributed by atoms with van der Waals surface area (Å²) in [6, 6.07) is 5.30. The van der Waals surface area contributed by atoms with Gasteiger partial charge in [-0.05, 0) is 42.3 Å². The highest BCUT2D eigenvalue weighted by Crippen LogP contribution is 2.50. The van der Waals surface area contributed by atoms with Gasteiger partial charge in [-0.2, -0.15) is 13.2 Å². The van der Waals surface area contributed by atoms with Gasteiger partial charge in [-0.3, -0.25) is 9.63 Å². The number of alkyl halides is 3. The van der Waals surface area contributed by atoms with Crippen molar-refractivity contribution in [2.75, 3.05) is 19.4 Å². The number of hydrogen-bond donors (Lipinski definition) is 1. The lowest BCUT2D eigenvalue weighted by Gasteiger charge is -2.29. The Balaban J connectivity index is 1.54. The van der Waals surface area contributed by atoms with Gasteiger partial charge in [0, 0.05) is 17.5 Å². The summed E-state index contributed by atoms with van der Waals surface area (Å²) < 4.78 is 80.4. The Morgan fingerprint density at radius 1 is 1.22 bits per heavy atom. The van der Waals surface area contributed by atoms with Gasteiger partial charge < -0.3 is 10.2 Å². The lowest BCUT2D eigenvalue weighted by molar-refractivity contribution is -0.275. The average Bonchev–Trinajstić information content (AvgIpc) is 3.45. The normalized spacial score (nSPS) is 22.6. The summed E-state index contributed by atoms with van der Waals surface area (Å²) in [6.45, 7) is 1.48. The van der Waals surface area contributed by atoms with Crippen molar-refractivity contribution >= 4 is 44.8 Å². The predicted octanol–water partition coefficient (Wildman–Crippen LogP) is 4.33. The molecule has 0 spiro atoms. The minimum absolute atomic E-state index is 0.0406. The highest BCUT2D eigenvalue weighted by atomic mass is 35.5. The van der Waals surface area contributed by atoms with Gasteiger partial charge in [-0.1, -0.05) is 38.9 Å². The van der Waals surface area contributed by atoms with Gasteiger partial charge in [-0.25, -0.2) is 12.8 Å². The third kappa shape index (κ3) is 5.28. The number of nitrogens with one attached hydrogen (secondary N) is 1. The fourth-order valence-electron chi connectivity index (χ4n) is 3.99. The van der Waals surface area contributed by atoms with Crippen LogP contribution in [0.3, 0.4) is 0 Å². The second-order valence-corrected chi connectivity index (χ2v) is 11.3. The molecule has 0 aliphatic carbocycles. The number of halogens is 6. The third-order valence-electron chi connectivity index (χ3n) is 5.93. The first kappa shape index (κ1) is 27.6. The molecule has 2 atom stereocenters. The zero-order valence-corrected chi connectivity index (χ0v) is 21.5. The van der Waals surface area contributed by atoms with Gasteiger partial charge in [0.1, 0.15) is 0 Å². The number of sulfonamides is 1. The van der Waals surface area contributed by atoms with Crippen LogP contribution in [0.1, 0.15) is 33.5 Å². The van der Waals surface area contributed by atoms with Crippen molar-refractivity contribution in [3.05, 3.63) is 68.4 Å². The summed E-state index contributed by atoms with van der Waals surface area (Å²) in [7, 11) is -3.58. The van der Waals surface area contributed by atoms with Crippen molar-refractivity contribution in [3.63, 3.8) is 0 Å². The minimum atomic E-state index is -4.96. The van der Waals surface area contributed by atoms with Crippen molar-refractivity contribution in [1.82, 2.24) is 9.79 Å². The van der Waals surface area contributed by atoms with Crippen molar-refractivity contribution in [2.45, 2.75) is 31.2 Å². The molecule has 2 aromatic rings. The molecule has 15 heteroatoms. The molecule has 1 amide bonds. The van der Waals surface area contributed by atoms with Crippen LogP contribution in [0.15, 0.2) is 35.5 Å². The first-order chi connectivity index (χ1) is 17.1. The highest BCUT2D eigenvalue weighted by molar-refractivity contribution is 7.88. The van der Waals surface area contributed by atoms with E-state index in [9.17, 15) is 30.8 Å². The van der Waals surface area contributed by atoms with E-state index in [0.29, 0.717) is 5.56 Å². The third-order valence-corrected chi connectivity index (χ3v) is 7.48. The molecule has 0 radical (unpaired) electrons. The molecule has 200 valence electrons. The van der Waals surface area contributed by atoms with Crippen molar-refractivity contribution in [1.29, 1.82) is 0 Å². The quantitative estimate of drug-likeness (QED) is 0.417. The maximum Gasteiger partial charge on any atom is 0.435 e. The molecular weight excluding hydrogens is 565 g/mol. The molecule has 37 heavy (non-hydrogen) atoms. The lowest BCUT2D eigenvalue weighted by Crippen LogP contribution is -2.42. The Bertz CT molecular complexity index is 1380. The van der Waals surface area contributed by atoms with Crippen LogP contribution in [0.25, 0.3) is 0 Å². The number of rotatable bonds is 5. The van der Waals surface area contributed by atoms with Gasteiger partial charge in [0.05, 0.1) is 41.2 Å². The van der Waals surface area contributed by atoms with Gasteiger partial charge >= 0.3 is 6.18 Å². The van der Waals surface area contributed by atoms with Crippen molar-refractivity contribution < 1.29 is 40.4 Å². The van der Waals surface area contributed by atoms with Crippen LogP contribution in [-0.4, -0.2) is 56.1 Å². The second kappa shape index (κ2) is 9.70. The van der Waals surface area contributed by atoms with Crippen LogP contribution in [0.2, 0.25) is 10.0 Å². The molecule has 2 aromatic carbocycles. The van der Waals surface area contributed by atoms with Crippen LogP contribution in [0.4, 0.5) is 17.6 Å². The summed E-state index contributed by atoms with van der Waals surface area (Å²) in [5.74, 6) is -1.57. The van der Waals surface area contributed by atoms with Gasteiger partial charge in [0.2, 0.25) is 10.0 Å². The molecule has 2 aliphatic rings. The van der Waals surface area contributed by atoms with Crippen LogP contribution in [0.5, 0.6) is 0 Å². The molecule has 2 heterocycles. The van der Waals surface area contributed by atoms with E-state index in [4.69, 9.17) is 32.9 Å². The standard InChI is InChI=1S/C22H19Cl2F4N3O5S/c1-11-5-12(3-4-15(11)20(32)29-14-9-31(35-10-14)37(2,33)34)18-8-21(36-30-18,22(26,27)28)13-6-16(23)19(25)17(24)7-13/h3-7,14H,8-10H2,1-2H3,(H,29,32)/t14?,21-/m0/s1. The first-order valence-electron chi connectivity index (χ1n) is 10.6. The van der Waals surface area contributed by atoms with Gasteiger partial charge in [-0.15, -0.1) is 0 Å². The Morgan fingerprint density at radius 2 is 1.86 bits per heavy atom. The number of hydroxylamine groups is 1. The summed E-state index contributed by atoms with van der Waals surface area (Å²) in [4.78, 5) is 22.7. The molecule has 1 fully saturated rings. The number of carbonyl (C=O) groups is 1. The van der Waals surface area contributed by atoms with Crippen LogP contribution >= 0.6 is 23.2 Å². The molecule has 1 unspecified atom stereocenters. The SMILES string of the molecule is Cc1cc(C2=NO[C@@](c3cc(Cl)c(F)c(Cl)c3)(C(F)(F)F)C2)ccc1C(=O)NC1CON(S(C)(=O)=O)C1. The van der Waals surface area contributed by atoms with E-state index in [2.05, 4.69) is 10.5 Å². The monoisotopic (exact) mass is 583 g/mol. The van der Waals surface area contributed by atoms with E-state index in [1.165, 1.54) is 18.2 Å². The topological polar surface area (TPSA) is 97.3 Å². The smallest absolute Gasteiger partial charge is 0.374 e. The van der Waals surface area contributed by atoms with E-state index in [0.717, 1.165) is 22.9 Å². The predicted molar refractivity (Wildman–Crippen MR) is 126 cm³/mol. The number of aryl methyl sites for hydroxylation is 1. The lowest BCUT2D eigenvalue weighted by atomic mass is 9.86. The first-order valence-corrected chi connectivity index (χ1v) is 13.2. The Morgan fingerprint density at radius 3 is 2.41 bits per heavy atom. The number of benzene rings is 2. The number of nitrogens with zero attached hydrogens (tertiary/aromatic N) is 2.